The van der Waals surface area contributed by atoms with E-state index in [9.17, 15) is 23.9 Å². The normalized spacial score (nSPS) is 18.1. The molecular formula is C26H28N2O8S. The summed E-state index contributed by atoms with van der Waals surface area (Å²) < 4.78 is 22.5. The van der Waals surface area contributed by atoms with Crippen molar-refractivity contribution in [2.75, 3.05) is 26.1 Å². The zero-order valence-corrected chi connectivity index (χ0v) is 21.5. The fourth-order valence-corrected chi connectivity index (χ4v) is 5.12. The fourth-order valence-electron chi connectivity index (χ4n) is 4.27. The van der Waals surface area contributed by atoms with Crippen molar-refractivity contribution < 1.29 is 33.3 Å². The van der Waals surface area contributed by atoms with Crippen molar-refractivity contribution in [2.45, 2.75) is 31.1 Å². The molecule has 3 rings (SSSR count). The van der Waals surface area contributed by atoms with Gasteiger partial charge >= 0.3 is 11.9 Å². The molecule has 11 heteroatoms. The van der Waals surface area contributed by atoms with Crippen molar-refractivity contribution in [3.8, 4) is 0 Å². The highest BCUT2D eigenvalue weighted by Gasteiger charge is 2.42. The Balaban J connectivity index is 1.84. The van der Waals surface area contributed by atoms with Crippen LogP contribution in [0.3, 0.4) is 0 Å². The summed E-state index contributed by atoms with van der Waals surface area (Å²) in [6.45, 7) is 3.14. The quantitative estimate of drug-likeness (QED) is 0.281. The molecular weight excluding hydrogens is 500 g/mol. The number of aliphatic imine (C=N–C) groups is 1. The molecule has 0 spiro atoms. The topological polar surface area (TPSA) is 145 Å². The highest BCUT2D eigenvalue weighted by Crippen LogP contribution is 2.40. The van der Waals surface area contributed by atoms with Crippen LogP contribution in [0.15, 0.2) is 69.7 Å². The first-order chi connectivity index (χ1) is 17.7. The number of carbonyl (C=O) groups excluding carboxylic acids is 2. The third-order valence-electron chi connectivity index (χ3n) is 6.03. The zero-order valence-electron chi connectivity index (χ0n) is 20.7. The number of aliphatic hydroxyl groups excluding tert-OH is 1. The second kappa shape index (κ2) is 12.5. The minimum atomic E-state index is -1.28. The molecule has 3 unspecified atom stereocenters. The van der Waals surface area contributed by atoms with Crippen LogP contribution in [-0.4, -0.2) is 58.0 Å². The van der Waals surface area contributed by atoms with Crippen molar-refractivity contribution in [1.82, 2.24) is 0 Å². The number of nitrogens with zero attached hydrogens (tertiary/aromatic N) is 2. The second-order valence-corrected chi connectivity index (χ2v) is 9.96. The van der Waals surface area contributed by atoms with Crippen LogP contribution < -0.4 is 0 Å². The van der Waals surface area contributed by atoms with Gasteiger partial charge < -0.3 is 14.6 Å². The molecule has 2 aromatic carbocycles. The number of rotatable bonds is 10. The number of benzene rings is 2. The van der Waals surface area contributed by atoms with Gasteiger partial charge in [-0.2, -0.15) is 0 Å². The molecule has 0 radical (unpaired) electrons. The number of nitro benzene ring substituents is 1. The minimum Gasteiger partial charge on any atom is -0.468 e. The van der Waals surface area contributed by atoms with Gasteiger partial charge in [-0.15, -0.1) is 0 Å². The Morgan fingerprint density at radius 2 is 1.86 bits per heavy atom. The molecule has 0 saturated heterocycles. The van der Waals surface area contributed by atoms with E-state index in [1.54, 1.807) is 44.2 Å². The molecule has 1 aliphatic rings. The van der Waals surface area contributed by atoms with Gasteiger partial charge in [-0.3, -0.25) is 24.1 Å². The summed E-state index contributed by atoms with van der Waals surface area (Å²) in [6.07, 6.45) is 0.384. The number of hydrogen-bond donors (Lipinski definition) is 1. The lowest BCUT2D eigenvalue weighted by molar-refractivity contribution is -0.384. The van der Waals surface area contributed by atoms with Crippen LogP contribution in [0.2, 0.25) is 0 Å². The molecule has 0 saturated carbocycles. The third kappa shape index (κ3) is 6.55. The van der Waals surface area contributed by atoms with E-state index in [2.05, 4.69) is 4.99 Å². The number of esters is 2. The molecule has 196 valence electrons. The van der Waals surface area contributed by atoms with Gasteiger partial charge in [-0.1, -0.05) is 24.3 Å². The van der Waals surface area contributed by atoms with E-state index in [0.29, 0.717) is 28.3 Å². The van der Waals surface area contributed by atoms with Crippen LogP contribution >= 0.6 is 0 Å². The number of carbonyl (C=O) groups is 2. The van der Waals surface area contributed by atoms with Gasteiger partial charge in [-0.05, 0) is 37.1 Å². The van der Waals surface area contributed by atoms with Gasteiger partial charge in [0.1, 0.15) is 5.92 Å². The highest BCUT2D eigenvalue weighted by atomic mass is 32.2. The van der Waals surface area contributed by atoms with E-state index in [0.717, 1.165) is 5.56 Å². The predicted octanol–water partition coefficient (Wildman–Crippen LogP) is 3.10. The lowest BCUT2D eigenvalue weighted by Crippen LogP contribution is -2.36. The summed E-state index contributed by atoms with van der Waals surface area (Å²) in [7, 11) is -0.0542. The smallest absolute Gasteiger partial charge is 0.336 e. The van der Waals surface area contributed by atoms with Crippen molar-refractivity contribution in [2.24, 2.45) is 10.9 Å². The molecule has 1 heterocycles. The molecule has 10 nitrogen and oxygen atoms in total. The highest BCUT2D eigenvalue weighted by molar-refractivity contribution is 7.85. The van der Waals surface area contributed by atoms with E-state index in [4.69, 9.17) is 14.6 Å². The maximum absolute atomic E-state index is 13.3. The van der Waals surface area contributed by atoms with E-state index < -0.39 is 39.5 Å². The van der Waals surface area contributed by atoms with Crippen LogP contribution in [0.1, 0.15) is 30.9 Å². The van der Waals surface area contributed by atoms with Gasteiger partial charge in [0.2, 0.25) is 0 Å². The lowest BCUT2D eigenvalue weighted by Gasteiger charge is -2.31. The molecule has 0 aromatic heterocycles. The van der Waals surface area contributed by atoms with Gasteiger partial charge in [0.25, 0.3) is 5.69 Å². The van der Waals surface area contributed by atoms with Crippen LogP contribution in [0, 0.1) is 16.0 Å². The first kappa shape index (κ1) is 27.9. The average Bonchev–Trinajstić information content (AvgIpc) is 2.88. The minimum absolute atomic E-state index is 0.0297. The maximum Gasteiger partial charge on any atom is 0.336 e. The van der Waals surface area contributed by atoms with E-state index in [-0.39, 0.29) is 30.2 Å². The molecule has 2 aromatic rings. The van der Waals surface area contributed by atoms with Crippen molar-refractivity contribution >= 4 is 34.1 Å². The van der Waals surface area contributed by atoms with Crippen LogP contribution in [0.25, 0.3) is 0 Å². The number of aliphatic hydroxyl groups is 1. The van der Waals surface area contributed by atoms with Gasteiger partial charge in [-0.25, -0.2) is 4.79 Å². The lowest BCUT2D eigenvalue weighted by atomic mass is 9.75. The zero-order chi connectivity index (χ0) is 27.1. The first-order valence-corrected chi connectivity index (χ1v) is 12.8. The molecule has 0 aliphatic carbocycles. The predicted molar refractivity (Wildman–Crippen MR) is 137 cm³/mol. The first-order valence-electron chi connectivity index (χ1n) is 11.5. The van der Waals surface area contributed by atoms with E-state index in [1.807, 2.05) is 0 Å². The Kier molecular flexibility index (Phi) is 9.42. The molecule has 0 bridgehead atoms. The van der Waals surface area contributed by atoms with Crippen molar-refractivity contribution in [1.29, 1.82) is 0 Å². The van der Waals surface area contributed by atoms with Crippen LogP contribution in [0.5, 0.6) is 0 Å². The van der Waals surface area contributed by atoms with Gasteiger partial charge in [0.15, 0.2) is 0 Å². The largest absolute Gasteiger partial charge is 0.468 e. The molecule has 1 N–H and O–H groups in total. The molecule has 1 aliphatic heterocycles. The van der Waals surface area contributed by atoms with Crippen molar-refractivity contribution in [3.05, 3.63) is 81.0 Å². The van der Waals surface area contributed by atoms with Crippen LogP contribution in [0.4, 0.5) is 5.69 Å². The van der Waals surface area contributed by atoms with Gasteiger partial charge in [0.05, 0.1) is 47.4 Å². The molecule has 0 fully saturated rings. The maximum atomic E-state index is 13.3. The Hall–Kier alpha value is -3.70. The SMILES string of the molecule is COC(=O)C1C(C)=NC(C)=C(C(=O)OCCc2ccc(S(=O)CCO)cc2)C1c1cccc([N+](=O)[O-])c1. The van der Waals surface area contributed by atoms with E-state index in [1.165, 1.54) is 25.3 Å². The second-order valence-electron chi connectivity index (χ2n) is 8.39. The molecule has 0 amide bonds. The summed E-state index contributed by atoms with van der Waals surface area (Å²) in [5, 5.41) is 20.3. The summed E-state index contributed by atoms with van der Waals surface area (Å²) in [5.74, 6) is -2.97. The number of methoxy groups -OCH3 is 1. The average molecular weight is 529 g/mol. The Bertz CT molecular complexity index is 1270. The molecule has 3 atom stereocenters. The molecule has 37 heavy (non-hydrogen) atoms. The monoisotopic (exact) mass is 528 g/mol. The fraction of sp³-hybridized carbons (Fsp3) is 0.346. The Morgan fingerprint density at radius 3 is 2.49 bits per heavy atom. The number of nitro groups is 1. The van der Waals surface area contributed by atoms with Crippen molar-refractivity contribution in [3.63, 3.8) is 0 Å². The Morgan fingerprint density at radius 1 is 1.16 bits per heavy atom. The Labute approximate surface area is 216 Å². The number of ether oxygens (including phenoxy) is 2. The third-order valence-corrected chi connectivity index (χ3v) is 7.38. The number of hydrogen-bond acceptors (Lipinski definition) is 9. The standard InChI is InChI=1S/C26H28N2O8S/c1-16-22(25(30)35-3)24(19-5-4-6-20(15-19)28(32)33)23(17(2)27-16)26(31)36-13-11-18-7-9-21(10-8-18)37(34)14-12-29/h4-10,15,22,24,29H,11-14H2,1-3H3. The number of allylic oxidation sites excluding steroid dienone is 1. The van der Waals surface area contributed by atoms with E-state index >= 15 is 0 Å². The summed E-state index contributed by atoms with van der Waals surface area (Å²) >= 11 is 0. The summed E-state index contributed by atoms with van der Waals surface area (Å²) in [6, 6.07) is 12.7. The summed E-state index contributed by atoms with van der Waals surface area (Å²) in [5.41, 5.74) is 2.00. The summed E-state index contributed by atoms with van der Waals surface area (Å²) in [4.78, 5) is 41.8. The van der Waals surface area contributed by atoms with Crippen LogP contribution in [-0.2, 0) is 36.3 Å². The van der Waals surface area contributed by atoms with Gasteiger partial charge in [0, 0.05) is 40.8 Å². The number of non-ortho nitro benzene ring substituents is 1.